The molecule has 0 aromatic heterocycles. The summed E-state index contributed by atoms with van der Waals surface area (Å²) in [6.45, 7) is 2.34. The standard InChI is InChI=1S/C24H44O/c1-2-12-21-14-11-15-22(19-21)13-7-5-3-4-6-8-16-23-17-9-10-18-24(23)20-25/h20-24H,2-19H2,1H3. The molecular formula is C24H44O. The van der Waals surface area contributed by atoms with Crippen LogP contribution in [0.25, 0.3) is 0 Å². The van der Waals surface area contributed by atoms with Crippen molar-refractivity contribution in [2.24, 2.45) is 23.7 Å². The normalized spacial score (nSPS) is 30.3. The molecule has 0 spiro atoms. The van der Waals surface area contributed by atoms with E-state index < -0.39 is 0 Å². The van der Waals surface area contributed by atoms with E-state index in [1.165, 1.54) is 115 Å². The third kappa shape index (κ3) is 8.27. The Kier molecular flexibility index (Phi) is 10.9. The van der Waals surface area contributed by atoms with Gasteiger partial charge in [-0.3, -0.25) is 0 Å². The predicted octanol–water partition coefficient (Wildman–Crippen LogP) is 7.72. The smallest absolute Gasteiger partial charge is 0.123 e. The van der Waals surface area contributed by atoms with E-state index in [0.717, 1.165) is 18.3 Å². The van der Waals surface area contributed by atoms with Gasteiger partial charge in [0.25, 0.3) is 0 Å². The highest BCUT2D eigenvalue weighted by Crippen LogP contribution is 2.35. The molecule has 2 saturated carbocycles. The van der Waals surface area contributed by atoms with Gasteiger partial charge in [-0.15, -0.1) is 0 Å². The monoisotopic (exact) mass is 348 g/mol. The molecular weight excluding hydrogens is 304 g/mol. The molecule has 2 fully saturated rings. The topological polar surface area (TPSA) is 17.1 Å². The Hall–Kier alpha value is -0.330. The minimum atomic E-state index is 0.390. The predicted molar refractivity (Wildman–Crippen MR) is 109 cm³/mol. The van der Waals surface area contributed by atoms with Crippen LogP contribution in [0.5, 0.6) is 0 Å². The van der Waals surface area contributed by atoms with Crippen LogP contribution in [0, 0.1) is 23.7 Å². The van der Waals surface area contributed by atoms with E-state index in [2.05, 4.69) is 6.92 Å². The van der Waals surface area contributed by atoms with Crippen LogP contribution in [0.2, 0.25) is 0 Å². The first-order chi connectivity index (χ1) is 12.3. The molecule has 2 rings (SSSR count). The fourth-order valence-corrected chi connectivity index (χ4v) is 5.66. The molecule has 2 aliphatic carbocycles. The number of aldehydes is 1. The van der Waals surface area contributed by atoms with E-state index in [0.29, 0.717) is 11.8 Å². The van der Waals surface area contributed by atoms with Crippen molar-refractivity contribution in [3.05, 3.63) is 0 Å². The SMILES string of the molecule is CCCC1CCCC(CCCCCCCCC2CCCCC2C=O)C1. The van der Waals surface area contributed by atoms with Gasteiger partial charge < -0.3 is 4.79 Å². The maximum absolute atomic E-state index is 11.2. The van der Waals surface area contributed by atoms with Crippen molar-refractivity contribution in [3.63, 3.8) is 0 Å². The quantitative estimate of drug-likeness (QED) is 0.260. The van der Waals surface area contributed by atoms with Gasteiger partial charge in [-0.05, 0) is 43.4 Å². The van der Waals surface area contributed by atoms with E-state index in [1.54, 1.807) is 0 Å². The Morgan fingerprint density at radius 3 is 2.08 bits per heavy atom. The molecule has 0 aromatic rings. The first-order valence-corrected chi connectivity index (χ1v) is 11.8. The van der Waals surface area contributed by atoms with Gasteiger partial charge in [0.2, 0.25) is 0 Å². The van der Waals surface area contributed by atoms with Crippen LogP contribution >= 0.6 is 0 Å². The summed E-state index contributed by atoms with van der Waals surface area (Å²) in [5.74, 6) is 3.21. The van der Waals surface area contributed by atoms with Crippen LogP contribution < -0.4 is 0 Å². The summed E-state index contributed by atoms with van der Waals surface area (Å²) in [6, 6.07) is 0. The van der Waals surface area contributed by atoms with Crippen molar-refractivity contribution < 1.29 is 4.79 Å². The van der Waals surface area contributed by atoms with Gasteiger partial charge in [0.15, 0.2) is 0 Å². The van der Waals surface area contributed by atoms with Gasteiger partial charge in [-0.25, -0.2) is 0 Å². The fraction of sp³-hybridized carbons (Fsp3) is 0.958. The summed E-state index contributed by atoms with van der Waals surface area (Å²) in [5, 5.41) is 0. The summed E-state index contributed by atoms with van der Waals surface area (Å²) in [6.07, 6.45) is 26.6. The Morgan fingerprint density at radius 1 is 0.720 bits per heavy atom. The van der Waals surface area contributed by atoms with Gasteiger partial charge in [0.05, 0.1) is 0 Å². The molecule has 0 radical (unpaired) electrons. The average Bonchev–Trinajstić information content (AvgIpc) is 2.65. The highest BCUT2D eigenvalue weighted by atomic mass is 16.1. The van der Waals surface area contributed by atoms with Crippen molar-refractivity contribution in [1.82, 2.24) is 0 Å². The van der Waals surface area contributed by atoms with Crippen molar-refractivity contribution >= 4 is 6.29 Å². The van der Waals surface area contributed by atoms with Crippen LogP contribution in [0.4, 0.5) is 0 Å². The zero-order chi connectivity index (χ0) is 17.7. The van der Waals surface area contributed by atoms with Crippen molar-refractivity contribution in [2.75, 3.05) is 0 Å². The molecule has 0 aliphatic heterocycles. The van der Waals surface area contributed by atoms with Crippen molar-refractivity contribution in [1.29, 1.82) is 0 Å². The Balaban J connectivity index is 1.42. The van der Waals surface area contributed by atoms with Crippen LogP contribution in [-0.2, 0) is 4.79 Å². The first-order valence-electron chi connectivity index (χ1n) is 11.8. The highest BCUT2D eigenvalue weighted by Gasteiger charge is 2.24. The number of rotatable bonds is 12. The lowest BCUT2D eigenvalue weighted by molar-refractivity contribution is -0.113. The largest absolute Gasteiger partial charge is 0.303 e. The Bertz CT molecular complexity index is 335. The molecule has 0 N–H and O–H groups in total. The van der Waals surface area contributed by atoms with Gasteiger partial charge in [-0.2, -0.15) is 0 Å². The number of unbranched alkanes of at least 4 members (excludes halogenated alkanes) is 5. The summed E-state index contributed by atoms with van der Waals surface area (Å²) < 4.78 is 0. The molecule has 0 saturated heterocycles. The molecule has 25 heavy (non-hydrogen) atoms. The van der Waals surface area contributed by atoms with Crippen molar-refractivity contribution in [2.45, 2.75) is 122 Å². The lowest BCUT2D eigenvalue weighted by Gasteiger charge is -2.29. The van der Waals surface area contributed by atoms with Crippen molar-refractivity contribution in [3.8, 4) is 0 Å². The minimum Gasteiger partial charge on any atom is -0.303 e. The number of carbonyl (C=O) groups excluding carboxylic acids is 1. The average molecular weight is 349 g/mol. The second kappa shape index (κ2) is 12.9. The molecule has 0 amide bonds. The molecule has 2 aliphatic rings. The molecule has 0 bridgehead atoms. The lowest BCUT2D eigenvalue weighted by Crippen LogP contribution is -2.20. The molecule has 1 nitrogen and oxygen atoms in total. The number of hydrogen-bond donors (Lipinski definition) is 0. The summed E-state index contributed by atoms with van der Waals surface area (Å²) in [4.78, 5) is 11.2. The van der Waals surface area contributed by atoms with Gasteiger partial charge in [-0.1, -0.05) is 96.8 Å². The third-order valence-corrected chi connectivity index (χ3v) is 7.17. The molecule has 4 atom stereocenters. The second-order valence-corrected chi connectivity index (χ2v) is 9.23. The molecule has 1 heteroatoms. The van der Waals surface area contributed by atoms with Crippen LogP contribution in [0.1, 0.15) is 122 Å². The number of hydrogen-bond acceptors (Lipinski definition) is 1. The van der Waals surface area contributed by atoms with Gasteiger partial charge in [0, 0.05) is 5.92 Å². The zero-order valence-corrected chi connectivity index (χ0v) is 17.0. The second-order valence-electron chi connectivity index (χ2n) is 9.23. The maximum atomic E-state index is 11.2. The lowest BCUT2D eigenvalue weighted by atomic mass is 9.77. The number of carbonyl (C=O) groups is 1. The highest BCUT2D eigenvalue weighted by molar-refractivity contribution is 5.54. The third-order valence-electron chi connectivity index (χ3n) is 7.17. The van der Waals surface area contributed by atoms with E-state index >= 15 is 0 Å². The minimum absolute atomic E-state index is 0.390. The van der Waals surface area contributed by atoms with Gasteiger partial charge >= 0.3 is 0 Å². The Morgan fingerprint density at radius 2 is 1.36 bits per heavy atom. The summed E-state index contributed by atoms with van der Waals surface area (Å²) >= 11 is 0. The van der Waals surface area contributed by atoms with Crippen LogP contribution in [0.3, 0.4) is 0 Å². The molecule has 146 valence electrons. The maximum Gasteiger partial charge on any atom is 0.123 e. The summed E-state index contributed by atoms with van der Waals surface area (Å²) in [5.41, 5.74) is 0. The summed E-state index contributed by atoms with van der Waals surface area (Å²) in [7, 11) is 0. The fourth-order valence-electron chi connectivity index (χ4n) is 5.66. The van der Waals surface area contributed by atoms with E-state index in [9.17, 15) is 4.79 Å². The van der Waals surface area contributed by atoms with Gasteiger partial charge in [0.1, 0.15) is 6.29 Å². The first kappa shape index (κ1) is 21.0. The Labute approximate surface area is 157 Å². The van der Waals surface area contributed by atoms with E-state index in [-0.39, 0.29) is 0 Å². The molecule has 4 unspecified atom stereocenters. The van der Waals surface area contributed by atoms with E-state index in [4.69, 9.17) is 0 Å². The molecule has 0 heterocycles. The van der Waals surface area contributed by atoms with Crippen LogP contribution in [0.15, 0.2) is 0 Å². The van der Waals surface area contributed by atoms with Crippen LogP contribution in [-0.4, -0.2) is 6.29 Å². The zero-order valence-electron chi connectivity index (χ0n) is 17.0. The molecule has 0 aromatic carbocycles. The van der Waals surface area contributed by atoms with E-state index in [1.807, 2.05) is 0 Å².